The number of hydrogen-bond donors (Lipinski definition) is 2. The van der Waals surface area contributed by atoms with Crippen LogP contribution in [0.15, 0.2) is 12.2 Å². The molecule has 0 amide bonds. The molecule has 2 atom stereocenters. The first-order valence-electron chi connectivity index (χ1n) is 2.57. The summed E-state index contributed by atoms with van der Waals surface area (Å²) in [5.41, 5.74) is 0.597. The molecule has 0 fully saturated rings. The van der Waals surface area contributed by atoms with E-state index >= 15 is 0 Å². The normalized spacial score (nSPS) is 17.5. The van der Waals surface area contributed by atoms with E-state index in [1.54, 1.807) is 6.92 Å². The van der Waals surface area contributed by atoms with Crippen molar-refractivity contribution in [3.8, 4) is 0 Å². The van der Waals surface area contributed by atoms with Gasteiger partial charge in [0.15, 0.2) is 0 Å². The van der Waals surface area contributed by atoms with Crippen LogP contribution < -0.4 is 0 Å². The molecule has 0 aliphatic heterocycles. The van der Waals surface area contributed by atoms with Crippen LogP contribution in [0.2, 0.25) is 0 Å². The Kier molecular flexibility index (Phi) is 2.72. The monoisotopic (exact) mass is 116 g/mol. The van der Waals surface area contributed by atoms with Crippen LogP contribution in [0.5, 0.6) is 0 Å². The fourth-order valence-corrected chi connectivity index (χ4v) is 0.412. The Morgan fingerprint density at radius 3 is 1.88 bits per heavy atom. The van der Waals surface area contributed by atoms with Crippen molar-refractivity contribution in [2.45, 2.75) is 26.1 Å². The van der Waals surface area contributed by atoms with Crippen LogP contribution in [0.3, 0.4) is 0 Å². The summed E-state index contributed by atoms with van der Waals surface area (Å²) in [7, 11) is 0. The molecular weight excluding hydrogens is 104 g/mol. The minimum atomic E-state index is -0.769. The Hall–Kier alpha value is -0.340. The molecule has 0 rings (SSSR count). The Labute approximate surface area is 49.5 Å². The second-order valence-corrected chi connectivity index (χ2v) is 2.03. The van der Waals surface area contributed by atoms with Gasteiger partial charge in [-0.05, 0) is 19.4 Å². The van der Waals surface area contributed by atoms with E-state index in [9.17, 15) is 0 Å². The van der Waals surface area contributed by atoms with Crippen molar-refractivity contribution >= 4 is 0 Å². The van der Waals surface area contributed by atoms with Crippen LogP contribution in [-0.2, 0) is 0 Å². The summed E-state index contributed by atoms with van der Waals surface area (Å²) in [6.45, 7) is 6.67. The summed E-state index contributed by atoms with van der Waals surface area (Å²) in [4.78, 5) is 0. The molecule has 0 radical (unpaired) electrons. The van der Waals surface area contributed by atoms with Gasteiger partial charge in [-0.2, -0.15) is 0 Å². The second kappa shape index (κ2) is 2.84. The van der Waals surface area contributed by atoms with Crippen molar-refractivity contribution in [2.75, 3.05) is 0 Å². The SMILES string of the molecule is C=C(C)[C@H](O)[C@H](C)O. The zero-order chi connectivity index (χ0) is 6.73. The van der Waals surface area contributed by atoms with Crippen molar-refractivity contribution < 1.29 is 10.2 Å². The van der Waals surface area contributed by atoms with Gasteiger partial charge in [-0.3, -0.25) is 0 Å². The van der Waals surface area contributed by atoms with Crippen molar-refractivity contribution in [1.29, 1.82) is 0 Å². The van der Waals surface area contributed by atoms with Gasteiger partial charge in [-0.1, -0.05) is 6.58 Å². The third kappa shape index (κ3) is 2.09. The first kappa shape index (κ1) is 7.66. The fourth-order valence-electron chi connectivity index (χ4n) is 0.412. The molecular formula is C6H12O2. The minimum Gasteiger partial charge on any atom is -0.390 e. The molecule has 2 heteroatoms. The third-order valence-electron chi connectivity index (χ3n) is 0.962. The summed E-state index contributed by atoms with van der Waals surface area (Å²) in [6.07, 6.45) is -1.47. The van der Waals surface area contributed by atoms with Gasteiger partial charge >= 0.3 is 0 Å². The highest BCUT2D eigenvalue weighted by atomic mass is 16.3. The summed E-state index contributed by atoms with van der Waals surface area (Å²) in [5, 5.41) is 17.5. The molecule has 2 nitrogen and oxygen atoms in total. The van der Waals surface area contributed by atoms with Gasteiger partial charge in [0.05, 0.1) is 6.10 Å². The summed E-state index contributed by atoms with van der Waals surface area (Å²) < 4.78 is 0. The largest absolute Gasteiger partial charge is 0.390 e. The zero-order valence-electron chi connectivity index (χ0n) is 5.26. The van der Waals surface area contributed by atoms with E-state index in [0.717, 1.165) is 0 Å². The van der Waals surface area contributed by atoms with E-state index in [-0.39, 0.29) is 0 Å². The van der Waals surface area contributed by atoms with Gasteiger partial charge in [-0.15, -0.1) is 0 Å². The summed E-state index contributed by atoms with van der Waals surface area (Å²) in [5.74, 6) is 0. The summed E-state index contributed by atoms with van der Waals surface area (Å²) in [6, 6.07) is 0. The molecule has 0 aromatic carbocycles. The Morgan fingerprint density at radius 2 is 1.88 bits per heavy atom. The van der Waals surface area contributed by atoms with Crippen molar-refractivity contribution in [3.05, 3.63) is 12.2 Å². The quantitative estimate of drug-likeness (QED) is 0.509. The Bertz CT molecular complexity index is 86.5. The average molecular weight is 116 g/mol. The minimum absolute atomic E-state index is 0.597. The lowest BCUT2D eigenvalue weighted by molar-refractivity contribution is 0.0550. The molecule has 2 N–H and O–H groups in total. The molecule has 0 aromatic rings. The van der Waals surface area contributed by atoms with Crippen LogP contribution >= 0.6 is 0 Å². The maximum Gasteiger partial charge on any atom is 0.100 e. The number of rotatable bonds is 2. The summed E-state index contributed by atoms with van der Waals surface area (Å²) >= 11 is 0. The fraction of sp³-hybridized carbons (Fsp3) is 0.667. The maximum atomic E-state index is 8.85. The van der Waals surface area contributed by atoms with Crippen LogP contribution in [0.4, 0.5) is 0 Å². The highest BCUT2D eigenvalue weighted by Gasteiger charge is 2.09. The van der Waals surface area contributed by atoms with Crippen LogP contribution in [0, 0.1) is 0 Å². The van der Waals surface area contributed by atoms with E-state index in [1.165, 1.54) is 6.92 Å². The lowest BCUT2D eigenvalue weighted by atomic mass is 10.1. The van der Waals surface area contributed by atoms with Crippen molar-refractivity contribution in [3.63, 3.8) is 0 Å². The predicted molar refractivity (Wildman–Crippen MR) is 32.5 cm³/mol. The lowest BCUT2D eigenvalue weighted by Crippen LogP contribution is -2.22. The van der Waals surface area contributed by atoms with E-state index in [0.29, 0.717) is 5.57 Å². The van der Waals surface area contributed by atoms with Gasteiger partial charge < -0.3 is 10.2 Å². The topological polar surface area (TPSA) is 40.5 Å². The molecule has 0 saturated heterocycles. The zero-order valence-corrected chi connectivity index (χ0v) is 5.26. The third-order valence-corrected chi connectivity index (χ3v) is 0.962. The van der Waals surface area contributed by atoms with Crippen LogP contribution in [0.25, 0.3) is 0 Å². The Balaban J connectivity index is 3.64. The van der Waals surface area contributed by atoms with Gasteiger partial charge in [0.2, 0.25) is 0 Å². The molecule has 0 aliphatic carbocycles. The van der Waals surface area contributed by atoms with Crippen molar-refractivity contribution in [2.24, 2.45) is 0 Å². The molecule has 0 bridgehead atoms. The molecule has 8 heavy (non-hydrogen) atoms. The van der Waals surface area contributed by atoms with Crippen molar-refractivity contribution in [1.82, 2.24) is 0 Å². The highest BCUT2D eigenvalue weighted by Crippen LogP contribution is 2.01. The molecule has 0 unspecified atom stereocenters. The standard InChI is InChI=1S/C6H12O2/c1-4(2)6(8)5(3)7/h5-8H,1H2,2-3H3/t5-,6-/m0/s1. The smallest absolute Gasteiger partial charge is 0.100 e. The maximum absolute atomic E-state index is 8.85. The first-order chi connectivity index (χ1) is 3.55. The highest BCUT2D eigenvalue weighted by molar-refractivity contribution is 4.98. The average Bonchev–Trinajstić information content (AvgIpc) is 1.64. The first-order valence-corrected chi connectivity index (χ1v) is 2.57. The second-order valence-electron chi connectivity index (χ2n) is 2.03. The van der Waals surface area contributed by atoms with Gasteiger partial charge in [0.25, 0.3) is 0 Å². The van der Waals surface area contributed by atoms with Gasteiger partial charge in [0, 0.05) is 0 Å². The van der Waals surface area contributed by atoms with Gasteiger partial charge in [-0.25, -0.2) is 0 Å². The molecule has 0 saturated carbocycles. The molecule has 0 heterocycles. The van der Waals surface area contributed by atoms with Gasteiger partial charge in [0.1, 0.15) is 6.10 Å². The molecule has 0 aromatic heterocycles. The van der Waals surface area contributed by atoms with E-state index in [1.807, 2.05) is 0 Å². The number of aliphatic hydroxyl groups excluding tert-OH is 2. The number of hydrogen-bond acceptors (Lipinski definition) is 2. The molecule has 0 aliphatic rings. The lowest BCUT2D eigenvalue weighted by Gasteiger charge is -2.11. The molecule has 0 spiro atoms. The van der Waals surface area contributed by atoms with E-state index in [2.05, 4.69) is 6.58 Å². The van der Waals surface area contributed by atoms with E-state index < -0.39 is 12.2 Å². The van der Waals surface area contributed by atoms with E-state index in [4.69, 9.17) is 10.2 Å². The van der Waals surface area contributed by atoms with Crippen LogP contribution in [-0.4, -0.2) is 22.4 Å². The van der Waals surface area contributed by atoms with Crippen LogP contribution in [0.1, 0.15) is 13.8 Å². The predicted octanol–water partition coefficient (Wildman–Crippen LogP) is 0.304. The Morgan fingerprint density at radius 1 is 1.50 bits per heavy atom. The number of aliphatic hydroxyl groups is 2. The molecule has 48 valence electrons.